The summed E-state index contributed by atoms with van der Waals surface area (Å²) in [5.41, 5.74) is -1.43. The molecule has 0 saturated carbocycles. The van der Waals surface area contributed by atoms with E-state index in [4.69, 9.17) is 0 Å². The fourth-order valence-corrected chi connectivity index (χ4v) is 1.70. The first-order valence-electron chi connectivity index (χ1n) is 5.58. The van der Waals surface area contributed by atoms with Crippen molar-refractivity contribution in [2.75, 3.05) is 6.61 Å². The normalized spacial score (nSPS) is 15.9. The Kier molecular flexibility index (Phi) is 4.34. The number of hydrogen-bond acceptors (Lipinski definition) is 3. The maximum Gasteiger partial charge on any atom is 0.423 e. The Labute approximate surface area is 108 Å². The average Bonchev–Trinajstić information content (AvgIpc) is 2.24. The van der Waals surface area contributed by atoms with Crippen molar-refractivity contribution in [2.24, 2.45) is 0 Å². The van der Waals surface area contributed by atoms with Gasteiger partial charge in [0.15, 0.2) is 5.78 Å². The van der Waals surface area contributed by atoms with Gasteiger partial charge in [-0.1, -0.05) is 0 Å². The lowest BCUT2D eigenvalue weighted by molar-refractivity contribution is -0.150. The van der Waals surface area contributed by atoms with Crippen LogP contribution in [0.15, 0.2) is 34.4 Å². The minimum absolute atomic E-state index is 0.154. The molecule has 0 spiro atoms. The molecule has 3 nitrogen and oxygen atoms in total. The number of ketones is 1. The predicted octanol–water partition coefficient (Wildman–Crippen LogP) is 2.88. The molecule has 0 aliphatic heterocycles. The van der Waals surface area contributed by atoms with Gasteiger partial charge in [-0.05, 0) is 49.6 Å². The third-order valence-electron chi connectivity index (χ3n) is 2.51. The number of ether oxygens (including phenoxy) is 1. The van der Waals surface area contributed by atoms with Crippen LogP contribution in [0.25, 0.3) is 0 Å². The Bertz CT molecular complexity index is 484. The van der Waals surface area contributed by atoms with Gasteiger partial charge in [-0.3, -0.25) is 4.79 Å². The maximum atomic E-state index is 12.9. The van der Waals surface area contributed by atoms with Gasteiger partial charge in [0.2, 0.25) is 0 Å². The Balaban J connectivity index is 3.43. The van der Waals surface area contributed by atoms with Crippen molar-refractivity contribution >= 4 is 11.8 Å². The van der Waals surface area contributed by atoms with Crippen molar-refractivity contribution in [3.63, 3.8) is 0 Å². The number of Topliss-reactive ketones (excluding diaryl/α,β-unsaturated/α-hetero) is 1. The number of esters is 1. The van der Waals surface area contributed by atoms with Crippen LogP contribution in [0.3, 0.4) is 0 Å². The summed E-state index contributed by atoms with van der Waals surface area (Å²) in [6.45, 7) is 4.06. The lowest BCUT2D eigenvalue weighted by atomic mass is 9.92. The summed E-state index contributed by atoms with van der Waals surface area (Å²) in [5, 5.41) is 0. The number of alkyl halides is 3. The number of carbonyl (C=O) groups excluding carboxylic acids is 2. The van der Waals surface area contributed by atoms with Gasteiger partial charge in [0.05, 0.1) is 6.61 Å². The van der Waals surface area contributed by atoms with Gasteiger partial charge < -0.3 is 4.74 Å². The van der Waals surface area contributed by atoms with Crippen LogP contribution in [0.1, 0.15) is 20.8 Å². The van der Waals surface area contributed by atoms with E-state index in [9.17, 15) is 22.8 Å². The van der Waals surface area contributed by atoms with Crippen molar-refractivity contribution in [2.45, 2.75) is 26.9 Å². The average molecular weight is 274 g/mol. The van der Waals surface area contributed by atoms with Gasteiger partial charge in [-0.15, -0.1) is 0 Å². The van der Waals surface area contributed by atoms with E-state index in [2.05, 4.69) is 4.74 Å². The number of halogens is 3. The molecule has 0 fully saturated rings. The summed E-state index contributed by atoms with van der Waals surface area (Å²) in [6.07, 6.45) is -2.74. The molecular weight excluding hydrogens is 261 g/mol. The zero-order chi connectivity index (χ0) is 14.8. The summed E-state index contributed by atoms with van der Waals surface area (Å²) < 4.78 is 43.2. The Morgan fingerprint density at radius 3 is 2.05 bits per heavy atom. The highest BCUT2D eigenvalue weighted by atomic mass is 19.4. The summed E-state index contributed by atoms with van der Waals surface area (Å²) in [4.78, 5) is 22.9. The topological polar surface area (TPSA) is 43.4 Å². The molecule has 0 saturated heterocycles. The van der Waals surface area contributed by atoms with E-state index < -0.39 is 17.7 Å². The van der Waals surface area contributed by atoms with Crippen LogP contribution in [-0.2, 0) is 14.3 Å². The van der Waals surface area contributed by atoms with Gasteiger partial charge in [0, 0.05) is 0 Å². The lowest BCUT2D eigenvalue weighted by Crippen LogP contribution is -2.24. The van der Waals surface area contributed by atoms with Gasteiger partial charge in [-0.2, -0.15) is 13.2 Å². The molecule has 6 heteroatoms. The lowest BCUT2D eigenvalue weighted by Gasteiger charge is -2.16. The van der Waals surface area contributed by atoms with Crippen LogP contribution < -0.4 is 0 Å². The minimum Gasteiger partial charge on any atom is -0.462 e. The SMILES string of the molecule is CCOC(=O)C(=C1C=C(C)C(=O)C(C)=C1)C(F)(F)F. The van der Waals surface area contributed by atoms with Crippen molar-refractivity contribution in [1.82, 2.24) is 0 Å². The van der Waals surface area contributed by atoms with Crippen molar-refractivity contribution < 1.29 is 27.5 Å². The van der Waals surface area contributed by atoms with Crippen LogP contribution in [0.2, 0.25) is 0 Å². The molecule has 0 atom stereocenters. The fraction of sp³-hybridized carbons (Fsp3) is 0.385. The smallest absolute Gasteiger partial charge is 0.423 e. The highest BCUT2D eigenvalue weighted by Gasteiger charge is 2.42. The molecule has 1 aliphatic carbocycles. The van der Waals surface area contributed by atoms with E-state index in [0.717, 1.165) is 12.2 Å². The first-order valence-corrected chi connectivity index (χ1v) is 5.58. The van der Waals surface area contributed by atoms with E-state index in [1.54, 1.807) is 0 Å². The van der Waals surface area contributed by atoms with Crippen molar-refractivity contribution in [3.05, 3.63) is 34.4 Å². The molecule has 0 amide bonds. The molecule has 0 aromatic rings. The van der Waals surface area contributed by atoms with Crippen molar-refractivity contribution in [3.8, 4) is 0 Å². The number of hydrogen-bond donors (Lipinski definition) is 0. The highest BCUT2D eigenvalue weighted by molar-refractivity contribution is 6.10. The van der Waals surface area contributed by atoms with Crippen LogP contribution in [0.4, 0.5) is 13.2 Å². The van der Waals surface area contributed by atoms with Crippen LogP contribution in [0, 0.1) is 0 Å². The van der Waals surface area contributed by atoms with E-state index in [1.165, 1.54) is 20.8 Å². The second-order valence-corrected chi connectivity index (χ2v) is 4.03. The van der Waals surface area contributed by atoms with E-state index in [-0.39, 0.29) is 29.1 Å². The fourth-order valence-electron chi connectivity index (χ4n) is 1.70. The number of carbonyl (C=O) groups is 2. The quantitative estimate of drug-likeness (QED) is 0.574. The summed E-state index contributed by atoms with van der Waals surface area (Å²) in [5.74, 6) is -1.78. The zero-order valence-electron chi connectivity index (χ0n) is 10.7. The maximum absolute atomic E-state index is 12.9. The molecular formula is C13H13F3O3. The highest BCUT2D eigenvalue weighted by Crippen LogP contribution is 2.33. The first-order chi connectivity index (χ1) is 8.68. The molecule has 0 N–H and O–H groups in total. The molecule has 104 valence electrons. The summed E-state index contributed by atoms with van der Waals surface area (Å²) >= 11 is 0. The van der Waals surface area contributed by atoms with E-state index in [0.29, 0.717) is 0 Å². The molecule has 1 aliphatic rings. The van der Waals surface area contributed by atoms with E-state index in [1.807, 2.05) is 0 Å². The van der Waals surface area contributed by atoms with Crippen LogP contribution in [0.5, 0.6) is 0 Å². The Morgan fingerprint density at radius 2 is 1.68 bits per heavy atom. The third-order valence-corrected chi connectivity index (χ3v) is 2.51. The molecule has 0 aromatic heterocycles. The molecule has 1 rings (SSSR count). The number of rotatable bonds is 2. The van der Waals surface area contributed by atoms with Gasteiger partial charge >= 0.3 is 12.1 Å². The molecule has 0 heterocycles. The van der Waals surface area contributed by atoms with Crippen LogP contribution in [-0.4, -0.2) is 24.5 Å². The summed E-state index contributed by atoms with van der Waals surface area (Å²) in [6, 6.07) is 0. The van der Waals surface area contributed by atoms with Gasteiger partial charge in [0.1, 0.15) is 5.57 Å². The van der Waals surface area contributed by atoms with Crippen molar-refractivity contribution in [1.29, 1.82) is 0 Å². The molecule has 19 heavy (non-hydrogen) atoms. The molecule has 0 radical (unpaired) electrons. The van der Waals surface area contributed by atoms with Crippen LogP contribution >= 0.6 is 0 Å². The minimum atomic E-state index is -4.84. The first kappa shape index (κ1) is 15.2. The van der Waals surface area contributed by atoms with E-state index >= 15 is 0 Å². The van der Waals surface area contributed by atoms with Gasteiger partial charge in [-0.25, -0.2) is 4.79 Å². The second kappa shape index (κ2) is 5.42. The zero-order valence-corrected chi connectivity index (χ0v) is 10.7. The molecule has 0 unspecified atom stereocenters. The number of allylic oxidation sites excluding steroid dienone is 5. The molecule has 0 bridgehead atoms. The Morgan fingerprint density at radius 1 is 1.21 bits per heavy atom. The monoisotopic (exact) mass is 274 g/mol. The summed E-state index contributed by atoms with van der Waals surface area (Å²) in [7, 11) is 0. The second-order valence-electron chi connectivity index (χ2n) is 4.03. The third kappa shape index (κ3) is 3.33. The predicted molar refractivity (Wildman–Crippen MR) is 62.2 cm³/mol. The Hall–Kier alpha value is -1.85. The molecule has 0 aromatic carbocycles. The largest absolute Gasteiger partial charge is 0.462 e. The standard InChI is InChI=1S/C13H13F3O3/c1-4-19-12(18)10(13(14,15)16)9-5-7(2)11(17)8(3)6-9/h5-6H,4H2,1-3H3. The van der Waals surface area contributed by atoms with Gasteiger partial charge in [0.25, 0.3) is 0 Å².